The molecule has 0 radical (unpaired) electrons. The number of methoxy groups -OCH3 is 1. The van der Waals surface area contributed by atoms with E-state index in [9.17, 15) is 10.2 Å². The normalized spacial score (nSPS) is 14.5. The molecule has 1 aromatic heterocycles. The van der Waals surface area contributed by atoms with Crippen LogP contribution in [0.2, 0.25) is 0 Å². The van der Waals surface area contributed by atoms with E-state index in [-0.39, 0.29) is 11.5 Å². The fourth-order valence-electron chi connectivity index (χ4n) is 3.93. The molecule has 2 N–H and O–H groups in total. The van der Waals surface area contributed by atoms with Crippen LogP contribution in [-0.2, 0) is 13.0 Å². The van der Waals surface area contributed by atoms with E-state index >= 15 is 0 Å². The summed E-state index contributed by atoms with van der Waals surface area (Å²) in [5, 5.41) is 20.9. The number of hydrogen-bond donors (Lipinski definition) is 2. The van der Waals surface area contributed by atoms with E-state index in [1.54, 1.807) is 7.11 Å². The molecule has 0 saturated carbocycles. The van der Waals surface area contributed by atoms with Crippen molar-refractivity contribution >= 4 is 17.0 Å². The number of phenolic OH excluding ortho intramolecular Hbond substituents is 2. The van der Waals surface area contributed by atoms with Gasteiger partial charge in [-0.3, -0.25) is 0 Å². The van der Waals surface area contributed by atoms with Crippen LogP contribution < -0.4 is 9.47 Å². The van der Waals surface area contributed by atoms with Crippen LogP contribution in [0, 0.1) is 0 Å². The van der Waals surface area contributed by atoms with Crippen molar-refractivity contribution in [2.24, 2.45) is 0 Å². The van der Waals surface area contributed by atoms with Crippen LogP contribution in [0.1, 0.15) is 24.0 Å². The van der Waals surface area contributed by atoms with Gasteiger partial charge in [0.1, 0.15) is 28.8 Å². The van der Waals surface area contributed by atoms with E-state index in [2.05, 4.69) is 35.8 Å². The van der Waals surface area contributed by atoms with Crippen molar-refractivity contribution in [3.63, 3.8) is 0 Å². The van der Waals surface area contributed by atoms with Gasteiger partial charge in [0.2, 0.25) is 0 Å². The molecule has 0 bridgehead atoms. The third-order valence-corrected chi connectivity index (χ3v) is 5.45. The first kappa shape index (κ1) is 20.2. The highest BCUT2D eigenvalue weighted by molar-refractivity contribution is 5.91. The van der Waals surface area contributed by atoms with E-state index < -0.39 is 0 Å². The summed E-state index contributed by atoms with van der Waals surface area (Å²) in [6, 6.07) is 9.00. The third-order valence-electron chi connectivity index (χ3n) is 5.45. The van der Waals surface area contributed by atoms with Gasteiger partial charge in [0.15, 0.2) is 0 Å². The van der Waals surface area contributed by atoms with Crippen molar-refractivity contribution in [1.82, 2.24) is 9.47 Å². The minimum atomic E-state index is -0.00781. The van der Waals surface area contributed by atoms with Gasteiger partial charge in [-0.05, 0) is 57.8 Å². The largest absolute Gasteiger partial charge is 0.508 e. The van der Waals surface area contributed by atoms with Gasteiger partial charge in [0, 0.05) is 53.3 Å². The van der Waals surface area contributed by atoms with Gasteiger partial charge in [-0.2, -0.15) is 0 Å². The summed E-state index contributed by atoms with van der Waals surface area (Å²) in [5.74, 6) is 2.10. The van der Waals surface area contributed by atoms with Crippen molar-refractivity contribution in [3.8, 4) is 23.0 Å². The Morgan fingerprint density at radius 3 is 2.77 bits per heavy atom. The second kappa shape index (κ2) is 8.32. The molecule has 0 fully saturated rings. The van der Waals surface area contributed by atoms with Gasteiger partial charge in [0.05, 0.1) is 7.11 Å². The van der Waals surface area contributed by atoms with Crippen LogP contribution in [0.25, 0.3) is 17.0 Å². The SMILES string of the molecule is COc1ccc2c(c1)c(C=C1Cc3c(O)cc(O)cc3O1)cn2CCCCN(C)C. The Morgan fingerprint density at radius 2 is 2.00 bits per heavy atom. The average Bonchev–Trinajstić information content (AvgIpc) is 3.26. The lowest BCUT2D eigenvalue weighted by atomic mass is 10.1. The number of aryl methyl sites for hydroxylation is 1. The van der Waals surface area contributed by atoms with Crippen LogP contribution >= 0.6 is 0 Å². The zero-order chi connectivity index (χ0) is 21.3. The number of allylic oxidation sites excluding steroid dienone is 1. The molecule has 3 aromatic rings. The second-order valence-electron chi connectivity index (χ2n) is 8.00. The maximum absolute atomic E-state index is 10.1. The fraction of sp³-hybridized carbons (Fsp3) is 0.333. The lowest BCUT2D eigenvalue weighted by Gasteiger charge is -2.10. The Hall–Kier alpha value is -3.12. The number of fused-ring (bicyclic) bond motifs is 2. The quantitative estimate of drug-likeness (QED) is 0.568. The number of aromatic nitrogens is 1. The first-order valence-electron chi connectivity index (χ1n) is 10.2. The zero-order valence-electron chi connectivity index (χ0n) is 17.7. The second-order valence-corrected chi connectivity index (χ2v) is 8.00. The minimum absolute atomic E-state index is 0.00781. The molecule has 30 heavy (non-hydrogen) atoms. The van der Waals surface area contributed by atoms with Crippen LogP contribution in [0.4, 0.5) is 0 Å². The minimum Gasteiger partial charge on any atom is -0.508 e. The zero-order valence-corrected chi connectivity index (χ0v) is 17.7. The molecule has 0 amide bonds. The summed E-state index contributed by atoms with van der Waals surface area (Å²) < 4.78 is 13.6. The van der Waals surface area contributed by atoms with Gasteiger partial charge < -0.3 is 29.2 Å². The molecule has 0 spiro atoms. The standard InChI is InChI=1S/C24H28N2O4/c1-25(2)8-4-5-9-26-15-16(20-13-18(29-3)6-7-22(20)26)10-19-14-21-23(28)11-17(27)12-24(21)30-19/h6-7,10-13,15,27-28H,4-5,8-9,14H2,1-3H3. The number of unbranched alkanes of at least 4 members (excludes halogenated alkanes) is 1. The molecule has 158 valence electrons. The number of rotatable bonds is 7. The van der Waals surface area contributed by atoms with E-state index in [0.29, 0.717) is 17.7 Å². The van der Waals surface area contributed by atoms with Crippen LogP contribution in [0.3, 0.4) is 0 Å². The van der Waals surface area contributed by atoms with Crippen molar-refractivity contribution in [2.45, 2.75) is 25.8 Å². The molecule has 4 rings (SSSR count). The lowest BCUT2D eigenvalue weighted by Crippen LogP contribution is -2.13. The maximum atomic E-state index is 10.1. The number of ether oxygens (including phenoxy) is 2. The Morgan fingerprint density at radius 1 is 1.17 bits per heavy atom. The highest BCUT2D eigenvalue weighted by Gasteiger charge is 2.22. The van der Waals surface area contributed by atoms with Gasteiger partial charge in [-0.15, -0.1) is 0 Å². The highest BCUT2D eigenvalue weighted by Crippen LogP contribution is 2.41. The van der Waals surface area contributed by atoms with Crippen LogP contribution in [-0.4, -0.2) is 47.4 Å². The van der Waals surface area contributed by atoms with Gasteiger partial charge in [-0.1, -0.05) is 0 Å². The molecule has 0 unspecified atom stereocenters. The molecule has 1 aliphatic heterocycles. The Kier molecular flexibility index (Phi) is 5.59. The van der Waals surface area contributed by atoms with E-state index in [1.165, 1.54) is 12.1 Å². The Bertz CT molecular complexity index is 1100. The summed E-state index contributed by atoms with van der Waals surface area (Å²) in [5.41, 5.74) is 2.90. The first-order chi connectivity index (χ1) is 14.4. The number of phenols is 2. The molecule has 0 atom stereocenters. The summed E-state index contributed by atoms with van der Waals surface area (Å²) in [6.07, 6.45) is 6.88. The van der Waals surface area contributed by atoms with Gasteiger partial charge in [-0.25, -0.2) is 0 Å². The summed E-state index contributed by atoms with van der Waals surface area (Å²) in [6.45, 7) is 2.02. The molecule has 0 aliphatic carbocycles. The monoisotopic (exact) mass is 408 g/mol. The van der Waals surface area contributed by atoms with Crippen molar-refractivity contribution in [2.75, 3.05) is 27.7 Å². The predicted molar refractivity (Wildman–Crippen MR) is 118 cm³/mol. The Labute approximate surface area is 176 Å². The fourth-order valence-corrected chi connectivity index (χ4v) is 3.93. The first-order valence-corrected chi connectivity index (χ1v) is 10.2. The lowest BCUT2D eigenvalue weighted by molar-refractivity contribution is 0.388. The molecule has 2 aromatic carbocycles. The molecule has 2 heterocycles. The van der Waals surface area contributed by atoms with E-state index in [0.717, 1.165) is 53.9 Å². The summed E-state index contributed by atoms with van der Waals surface area (Å²) in [4.78, 5) is 2.21. The van der Waals surface area contributed by atoms with Crippen molar-refractivity contribution in [3.05, 3.63) is 53.4 Å². The van der Waals surface area contributed by atoms with E-state index in [4.69, 9.17) is 9.47 Å². The third kappa shape index (κ3) is 4.09. The number of hydrogen-bond acceptors (Lipinski definition) is 5. The molecule has 6 nitrogen and oxygen atoms in total. The average molecular weight is 408 g/mol. The summed E-state index contributed by atoms with van der Waals surface area (Å²) in [7, 11) is 5.86. The van der Waals surface area contributed by atoms with Crippen molar-refractivity contribution < 1.29 is 19.7 Å². The topological polar surface area (TPSA) is 67.1 Å². The molecular formula is C24H28N2O4. The van der Waals surface area contributed by atoms with Crippen LogP contribution in [0.5, 0.6) is 23.0 Å². The number of nitrogens with zero attached hydrogens (tertiary/aromatic N) is 2. The van der Waals surface area contributed by atoms with Crippen LogP contribution in [0.15, 0.2) is 42.3 Å². The number of benzene rings is 2. The summed E-state index contributed by atoms with van der Waals surface area (Å²) >= 11 is 0. The van der Waals surface area contributed by atoms with Gasteiger partial charge in [0.25, 0.3) is 0 Å². The molecule has 1 aliphatic rings. The maximum Gasteiger partial charge on any atom is 0.137 e. The Balaban J connectivity index is 1.65. The molecule has 0 saturated heterocycles. The predicted octanol–water partition coefficient (Wildman–Crippen LogP) is 4.38. The van der Waals surface area contributed by atoms with Gasteiger partial charge >= 0.3 is 0 Å². The molecule has 6 heteroatoms. The highest BCUT2D eigenvalue weighted by atomic mass is 16.5. The molecular weight excluding hydrogens is 380 g/mol. The van der Waals surface area contributed by atoms with E-state index in [1.807, 2.05) is 18.2 Å². The smallest absolute Gasteiger partial charge is 0.137 e. The van der Waals surface area contributed by atoms with Crippen molar-refractivity contribution in [1.29, 1.82) is 0 Å². The number of aromatic hydroxyl groups is 2.